The third kappa shape index (κ3) is 5.25. The maximum Gasteiger partial charge on any atom is 0.230 e. The molecule has 3 heteroatoms. The van der Waals surface area contributed by atoms with Gasteiger partial charge in [-0.1, -0.05) is 51.1 Å². The van der Waals surface area contributed by atoms with E-state index in [0.717, 1.165) is 5.56 Å². The van der Waals surface area contributed by atoms with Crippen LogP contribution in [0.4, 0.5) is 0 Å². The third-order valence-electron chi connectivity index (χ3n) is 2.41. The highest BCUT2D eigenvalue weighted by molar-refractivity contribution is 6.09. The molecule has 0 radical (unpaired) electrons. The minimum Gasteiger partial charge on any atom is -0.310 e. The van der Waals surface area contributed by atoms with Gasteiger partial charge in [0.15, 0.2) is 0 Å². The second-order valence-corrected chi connectivity index (χ2v) is 6.70. The zero-order chi connectivity index (χ0) is 14.7. The number of benzene rings is 1. The van der Waals surface area contributed by atoms with Gasteiger partial charge in [0.25, 0.3) is 0 Å². The molecule has 1 N–H and O–H groups in total. The summed E-state index contributed by atoms with van der Waals surface area (Å²) >= 11 is 0. The number of carbonyl (C=O) groups excluding carboxylic acids is 1. The van der Waals surface area contributed by atoms with Gasteiger partial charge in [-0.05, 0) is 20.8 Å². The number of amides is 1. The van der Waals surface area contributed by atoms with Crippen molar-refractivity contribution in [3.63, 3.8) is 0 Å². The molecule has 0 aliphatic carbocycles. The first-order valence-electron chi connectivity index (χ1n) is 6.56. The minimum atomic E-state index is -0.437. The summed E-state index contributed by atoms with van der Waals surface area (Å²) in [6.45, 7) is 11.7. The summed E-state index contributed by atoms with van der Waals surface area (Å²) in [7, 11) is 0. The number of aliphatic imine (C=N–C) groups is 1. The lowest BCUT2D eigenvalue weighted by Crippen LogP contribution is -2.40. The van der Waals surface area contributed by atoms with Crippen molar-refractivity contribution >= 4 is 11.7 Å². The molecule has 0 spiro atoms. The van der Waals surface area contributed by atoms with E-state index in [0.29, 0.717) is 5.84 Å². The van der Waals surface area contributed by atoms with E-state index in [1.807, 2.05) is 71.9 Å². The molecular formula is C16H24N2O. The lowest BCUT2D eigenvalue weighted by molar-refractivity contribution is -0.126. The van der Waals surface area contributed by atoms with Crippen molar-refractivity contribution in [2.75, 3.05) is 0 Å². The number of rotatable bonds is 1. The van der Waals surface area contributed by atoms with Crippen LogP contribution in [-0.4, -0.2) is 17.3 Å². The minimum absolute atomic E-state index is 0.0284. The molecule has 0 aromatic heterocycles. The first-order valence-corrected chi connectivity index (χ1v) is 6.56. The van der Waals surface area contributed by atoms with E-state index in [-0.39, 0.29) is 11.4 Å². The molecule has 1 aromatic carbocycles. The highest BCUT2D eigenvalue weighted by Crippen LogP contribution is 2.15. The van der Waals surface area contributed by atoms with Gasteiger partial charge in [-0.3, -0.25) is 9.79 Å². The molecule has 1 rings (SSSR count). The molecule has 0 fully saturated rings. The van der Waals surface area contributed by atoms with Crippen LogP contribution in [0.1, 0.15) is 47.1 Å². The van der Waals surface area contributed by atoms with Crippen molar-refractivity contribution < 1.29 is 4.79 Å². The van der Waals surface area contributed by atoms with Crippen molar-refractivity contribution in [3.8, 4) is 0 Å². The van der Waals surface area contributed by atoms with Crippen molar-refractivity contribution in [3.05, 3.63) is 35.9 Å². The van der Waals surface area contributed by atoms with E-state index in [2.05, 4.69) is 10.3 Å². The Morgan fingerprint density at radius 1 is 1.00 bits per heavy atom. The Morgan fingerprint density at radius 2 is 1.53 bits per heavy atom. The molecule has 3 nitrogen and oxygen atoms in total. The Balaban J connectivity index is 3.09. The average Bonchev–Trinajstić information content (AvgIpc) is 2.26. The third-order valence-corrected chi connectivity index (χ3v) is 2.41. The van der Waals surface area contributed by atoms with Crippen LogP contribution in [0.15, 0.2) is 35.3 Å². The van der Waals surface area contributed by atoms with Gasteiger partial charge >= 0.3 is 0 Å². The summed E-state index contributed by atoms with van der Waals surface area (Å²) in [6, 6.07) is 9.73. The van der Waals surface area contributed by atoms with E-state index in [1.165, 1.54) is 0 Å². The van der Waals surface area contributed by atoms with Gasteiger partial charge in [-0.15, -0.1) is 0 Å². The second kappa shape index (κ2) is 5.55. The van der Waals surface area contributed by atoms with Gasteiger partial charge in [-0.25, -0.2) is 0 Å². The van der Waals surface area contributed by atoms with Gasteiger partial charge in [0.2, 0.25) is 5.91 Å². The first kappa shape index (κ1) is 15.4. The number of hydrogen-bond donors (Lipinski definition) is 1. The van der Waals surface area contributed by atoms with Crippen LogP contribution in [-0.2, 0) is 4.79 Å². The molecule has 1 amide bonds. The largest absolute Gasteiger partial charge is 0.310 e. The SMILES string of the molecule is CC(C)(C)N=C(NC(=O)C(C)(C)C)c1ccccc1. The van der Waals surface area contributed by atoms with E-state index in [1.54, 1.807) is 0 Å². The Labute approximate surface area is 116 Å². The first-order chi connectivity index (χ1) is 8.59. The van der Waals surface area contributed by atoms with Crippen LogP contribution < -0.4 is 5.32 Å². The summed E-state index contributed by atoms with van der Waals surface area (Å²) in [6.07, 6.45) is 0. The Bertz CT molecular complexity index is 462. The maximum atomic E-state index is 12.1. The smallest absolute Gasteiger partial charge is 0.230 e. The van der Waals surface area contributed by atoms with Crippen LogP contribution >= 0.6 is 0 Å². The van der Waals surface area contributed by atoms with Crippen molar-refractivity contribution in [2.45, 2.75) is 47.1 Å². The normalized spacial score (nSPS) is 13.3. The summed E-state index contributed by atoms with van der Waals surface area (Å²) in [5.41, 5.74) is 0.249. The second-order valence-electron chi connectivity index (χ2n) is 6.70. The van der Waals surface area contributed by atoms with E-state index in [9.17, 15) is 4.79 Å². The number of amidine groups is 1. The summed E-state index contributed by atoms with van der Waals surface area (Å²) in [4.78, 5) is 16.8. The topological polar surface area (TPSA) is 41.5 Å². The zero-order valence-corrected chi connectivity index (χ0v) is 12.7. The van der Waals surface area contributed by atoms with Gasteiger partial charge in [-0.2, -0.15) is 0 Å². The molecule has 19 heavy (non-hydrogen) atoms. The Hall–Kier alpha value is -1.64. The molecule has 0 aliphatic rings. The summed E-state index contributed by atoms with van der Waals surface area (Å²) in [5.74, 6) is 0.604. The standard InChI is InChI=1S/C16H24N2O/c1-15(2,3)14(19)17-13(18-16(4,5)6)12-10-8-7-9-11-12/h7-11H,1-6H3,(H,17,18,19). The van der Waals surface area contributed by atoms with Gasteiger partial charge in [0.05, 0.1) is 5.54 Å². The Kier molecular flexibility index (Phi) is 4.51. The molecule has 104 valence electrons. The predicted molar refractivity (Wildman–Crippen MR) is 80.3 cm³/mol. The molecule has 1 aromatic rings. The van der Waals surface area contributed by atoms with Crippen molar-refractivity contribution in [1.82, 2.24) is 5.32 Å². The van der Waals surface area contributed by atoms with Crippen LogP contribution in [0.5, 0.6) is 0 Å². The average molecular weight is 260 g/mol. The zero-order valence-electron chi connectivity index (χ0n) is 12.7. The quantitative estimate of drug-likeness (QED) is 0.610. The van der Waals surface area contributed by atoms with Crippen molar-refractivity contribution in [1.29, 1.82) is 0 Å². The number of nitrogens with zero attached hydrogens (tertiary/aromatic N) is 1. The fourth-order valence-corrected chi connectivity index (χ4v) is 1.39. The molecule has 0 heterocycles. The molecule has 0 saturated carbocycles. The van der Waals surface area contributed by atoms with E-state index < -0.39 is 5.41 Å². The lowest BCUT2D eigenvalue weighted by Gasteiger charge is -2.21. The van der Waals surface area contributed by atoms with E-state index in [4.69, 9.17) is 0 Å². The summed E-state index contributed by atoms with van der Waals surface area (Å²) in [5, 5.41) is 2.94. The fraction of sp³-hybridized carbons (Fsp3) is 0.500. The van der Waals surface area contributed by atoms with Gasteiger partial charge in [0, 0.05) is 11.0 Å². The fourth-order valence-electron chi connectivity index (χ4n) is 1.39. The molecular weight excluding hydrogens is 236 g/mol. The van der Waals surface area contributed by atoms with Crippen LogP contribution in [0, 0.1) is 5.41 Å². The van der Waals surface area contributed by atoms with Crippen LogP contribution in [0.25, 0.3) is 0 Å². The lowest BCUT2D eigenvalue weighted by atomic mass is 9.95. The number of nitrogens with one attached hydrogen (secondary N) is 1. The molecule has 0 bridgehead atoms. The number of hydrogen-bond acceptors (Lipinski definition) is 2. The monoisotopic (exact) mass is 260 g/mol. The molecule has 0 saturated heterocycles. The summed E-state index contributed by atoms with van der Waals surface area (Å²) < 4.78 is 0. The molecule has 0 unspecified atom stereocenters. The highest BCUT2D eigenvalue weighted by Gasteiger charge is 2.23. The molecule has 0 atom stereocenters. The number of carbonyl (C=O) groups is 1. The molecule has 0 aliphatic heterocycles. The van der Waals surface area contributed by atoms with Crippen molar-refractivity contribution in [2.24, 2.45) is 10.4 Å². The van der Waals surface area contributed by atoms with E-state index >= 15 is 0 Å². The van der Waals surface area contributed by atoms with Gasteiger partial charge < -0.3 is 5.32 Å². The van der Waals surface area contributed by atoms with Crippen LogP contribution in [0.3, 0.4) is 0 Å². The Morgan fingerprint density at radius 3 is 1.95 bits per heavy atom. The predicted octanol–water partition coefficient (Wildman–Crippen LogP) is 3.39. The van der Waals surface area contributed by atoms with Gasteiger partial charge in [0.1, 0.15) is 5.84 Å². The highest BCUT2D eigenvalue weighted by atomic mass is 16.2. The maximum absolute atomic E-state index is 12.1. The van der Waals surface area contributed by atoms with Crippen LogP contribution in [0.2, 0.25) is 0 Å².